The SMILES string of the molecule is C=CCOc1ccc(NC(=O)C(=O)N/N=C\c2cc(I)c(O)c(OC)c2)cc1. The van der Waals surface area contributed by atoms with E-state index in [4.69, 9.17) is 9.47 Å². The van der Waals surface area contributed by atoms with Crippen molar-refractivity contribution in [2.45, 2.75) is 0 Å². The van der Waals surface area contributed by atoms with E-state index in [0.29, 0.717) is 27.2 Å². The number of carbonyl (C=O) groups is 2. The van der Waals surface area contributed by atoms with Crippen LogP contribution in [-0.2, 0) is 9.59 Å². The lowest BCUT2D eigenvalue weighted by Gasteiger charge is -2.07. The first kappa shape index (κ1) is 21.2. The van der Waals surface area contributed by atoms with Crippen molar-refractivity contribution in [3.63, 3.8) is 0 Å². The molecule has 0 aliphatic heterocycles. The second-order valence-electron chi connectivity index (χ2n) is 5.33. The predicted molar refractivity (Wildman–Crippen MR) is 114 cm³/mol. The molecule has 2 aromatic carbocycles. The summed E-state index contributed by atoms with van der Waals surface area (Å²) < 4.78 is 10.9. The van der Waals surface area contributed by atoms with E-state index in [9.17, 15) is 14.7 Å². The topological polar surface area (TPSA) is 109 Å². The first-order chi connectivity index (χ1) is 13.4. The number of anilines is 1. The van der Waals surface area contributed by atoms with Gasteiger partial charge in [-0.15, -0.1) is 0 Å². The minimum Gasteiger partial charge on any atom is -0.504 e. The van der Waals surface area contributed by atoms with Gasteiger partial charge in [-0.1, -0.05) is 12.7 Å². The molecule has 2 rings (SSSR count). The standard InChI is InChI=1S/C19H18IN3O5/c1-3-8-28-14-6-4-13(5-7-14)22-18(25)19(26)23-21-11-12-9-15(20)17(24)16(10-12)27-2/h3-7,9-11,24H,1,8H2,2H3,(H,22,25)(H,23,26)/b21-11-. The Labute approximate surface area is 175 Å². The van der Waals surface area contributed by atoms with E-state index < -0.39 is 11.8 Å². The van der Waals surface area contributed by atoms with Crippen LogP contribution in [0.5, 0.6) is 17.2 Å². The molecule has 0 saturated heterocycles. The van der Waals surface area contributed by atoms with Crippen LogP contribution in [-0.4, -0.2) is 36.9 Å². The Balaban J connectivity index is 1.92. The Bertz CT molecular complexity index is 897. The molecule has 28 heavy (non-hydrogen) atoms. The quantitative estimate of drug-likeness (QED) is 0.180. The van der Waals surface area contributed by atoms with E-state index >= 15 is 0 Å². The number of methoxy groups -OCH3 is 1. The fourth-order valence-corrected chi connectivity index (χ4v) is 2.64. The fourth-order valence-electron chi connectivity index (χ4n) is 2.02. The molecule has 0 fully saturated rings. The zero-order valence-corrected chi connectivity index (χ0v) is 17.1. The highest BCUT2D eigenvalue weighted by Crippen LogP contribution is 2.31. The van der Waals surface area contributed by atoms with Gasteiger partial charge < -0.3 is 19.9 Å². The molecule has 0 saturated carbocycles. The van der Waals surface area contributed by atoms with Crippen molar-refractivity contribution in [1.82, 2.24) is 5.43 Å². The van der Waals surface area contributed by atoms with Crippen molar-refractivity contribution >= 4 is 46.3 Å². The van der Waals surface area contributed by atoms with E-state index in [0.717, 1.165) is 0 Å². The molecule has 9 heteroatoms. The van der Waals surface area contributed by atoms with Crippen LogP contribution in [0.1, 0.15) is 5.56 Å². The van der Waals surface area contributed by atoms with Crippen LogP contribution in [0.2, 0.25) is 0 Å². The highest BCUT2D eigenvalue weighted by Gasteiger charge is 2.13. The highest BCUT2D eigenvalue weighted by atomic mass is 127. The van der Waals surface area contributed by atoms with E-state index in [2.05, 4.69) is 22.4 Å². The van der Waals surface area contributed by atoms with Crippen LogP contribution in [0, 0.1) is 3.57 Å². The lowest BCUT2D eigenvalue weighted by molar-refractivity contribution is -0.136. The number of carbonyl (C=O) groups excluding carboxylic acids is 2. The van der Waals surface area contributed by atoms with Crippen LogP contribution in [0.3, 0.4) is 0 Å². The van der Waals surface area contributed by atoms with Crippen molar-refractivity contribution in [1.29, 1.82) is 0 Å². The number of hydrogen-bond donors (Lipinski definition) is 3. The molecule has 0 atom stereocenters. The largest absolute Gasteiger partial charge is 0.504 e. The van der Waals surface area contributed by atoms with Gasteiger partial charge in [0, 0.05) is 5.69 Å². The number of phenols is 1. The summed E-state index contributed by atoms with van der Waals surface area (Å²) >= 11 is 1.94. The Morgan fingerprint density at radius 2 is 1.96 bits per heavy atom. The third-order valence-electron chi connectivity index (χ3n) is 3.34. The average molecular weight is 495 g/mol. The van der Waals surface area contributed by atoms with Crippen LogP contribution in [0.4, 0.5) is 5.69 Å². The number of benzene rings is 2. The van der Waals surface area contributed by atoms with Gasteiger partial charge in [0.2, 0.25) is 0 Å². The second kappa shape index (κ2) is 10.3. The van der Waals surface area contributed by atoms with Crippen molar-refractivity contribution in [2.24, 2.45) is 5.10 Å². The summed E-state index contributed by atoms with van der Waals surface area (Å²) in [6.07, 6.45) is 2.96. The van der Waals surface area contributed by atoms with E-state index in [-0.39, 0.29) is 11.5 Å². The van der Waals surface area contributed by atoms with Crippen LogP contribution >= 0.6 is 22.6 Å². The van der Waals surface area contributed by atoms with Gasteiger partial charge in [0.1, 0.15) is 12.4 Å². The third kappa shape index (κ3) is 5.98. The fraction of sp³-hybridized carbons (Fsp3) is 0.105. The van der Waals surface area contributed by atoms with Gasteiger partial charge in [-0.05, 0) is 64.6 Å². The van der Waals surface area contributed by atoms with Gasteiger partial charge in [-0.25, -0.2) is 5.43 Å². The number of ether oxygens (including phenoxy) is 2. The number of nitrogens with one attached hydrogen (secondary N) is 2. The highest BCUT2D eigenvalue weighted by molar-refractivity contribution is 14.1. The monoisotopic (exact) mass is 495 g/mol. The second-order valence-corrected chi connectivity index (χ2v) is 6.49. The van der Waals surface area contributed by atoms with Gasteiger partial charge in [0.15, 0.2) is 11.5 Å². The van der Waals surface area contributed by atoms with Crippen molar-refractivity contribution in [3.8, 4) is 17.2 Å². The van der Waals surface area contributed by atoms with Crippen molar-refractivity contribution in [2.75, 3.05) is 19.0 Å². The lowest BCUT2D eigenvalue weighted by Crippen LogP contribution is -2.32. The summed E-state index contributed by atoms with van der Waals surface area (Å²) in [5, 5.41) is 16.0. The molecule has 0 aliphatic carbocycles. The van der Waals surface area contributed by atoms with Gasteiger partial charge >= 0.3 is 11.8 Å². The number of phenolic OH excluding ortho intramolecular Hbond substituents is 1. The molecular weight excluding hydrogens is 477 g/mol. The minimum absolute atomic E-state index is 0.0181. The molecule has 0 radical (unpaired) electrons. The molecule has 0 aliphatic rings. The van der Waals surface area contributed by atoms with Gasteiger partial charge in [-0.2, -0.15) is 5.10 Å². The maximum Gasteiger partial charge on any atom is 0.329 e. The number of rotatable bonds is 7. The molecule has 146 valence electrons. The van der Waals surface area contributed by atoms with Gasteiger partial charge in [0.05, 0.1) is 16.9 Å². The Hall–Kier alpha value is -3.08. The van der Waals surface area contributed by atoms with E-state index in [1.807, 2.05) is 22.6 Å². The average Bonchev–Trinajstić information content (AvgIpc) is 2.69. The van der Waals surface area contributed by atoms with E-state index in [1.54, 1.807) is 42.5 Å². The van der Waals surface area contributed by atoms with E-state index in [1.165, 1.54) is 13.3 Å². The molecule has 0 aromatic heterocycles. The number of halogens is 1. The molecule has 0 heterocycles. The molecular formula is C19H18IN3O5. The molecule has 2 amide bonds. The summed E-state index contributed by atoms with van der Waals surface area (Å²) in [7, 11) is 1.43. The van der Waals surface area contributed by atoms with Gasteiger partial charge in [0.25, 0.3) is 0 Å². The first-order valence-corrected chi connectivity index (χ1v) is 9.07. The van der Waals surface area contributed by atoms with Gasteiger partial charge in [-0.3, -0.25) is 9.59 Å². The summed E-state index contributed by atoms with van der Waals surface area (Å²) in [4.78, 5) is 23.8. The maximum atomic E-state index is 11.9. The summed E-state index contributed by atoms with van der Waals surface area (Å²) in [5.74, 6) is -0.883. The Morgan fingerprint density at radius 3 is 2.61 bits per heavy atom. The molecule has 0 bridgehead atoms. The minimum atomic E-state index is -0.927. The third-order valence-corrected chi connectivity index (χ3v) is 4.16. The number of nitrogens with zero attached hydrogens (tertiary/aromatic N) is 1. The Kier molecular flexibility index (Phi) is 7.81. The summed E-state index contributed by atoms with van der Waals surface area (Å²) in [5.41, 5.74) is 3.16. The molecule has 8 nitrogen and oxygen atoms in total. The molecule has 2 aromatic rings. The first-order valence-electron chi connectivity index (χ1n) is 7.99. The summed E-state index contributed by atoms with van der Waals surface area (Å²) in [6, 6.07) is 9.73. The molecule has 0 spiro atoms. The number of hydrogen-bond acceptors (Lipinski definition) is 6. The van der Waals surface area contributed by atoms with Crippen LogP contribution < -0.4 is 20.2 Å². The normalized spacial score (nSPS) is 10.4. The van der Waals surface area contributed by atoms with Crippen LogP contribution in [0.25, 0.3) is 0 Å². The molecule has 0 unspecified atom stereocenters. The molecule has 3 N–H and O–H groups in total. The smallest absolute Gasteiger partial charge is 0.329 e. The number of aromatic hydroxyl groups is 1. The predicted octanol–water partition coefficient (Wildman–Crippen LogP) is 2.66. The van der Waals surface area contributed by atoms with Crippen molar-refractivity contribution < 1.29 is 24.2 Å². The summed E-state index contributed by atoms with van der Waals surface area (Å²) in [6.45, 7) is 3.93. The van der Waals surface area contributed by atoms with Crippen molar-refractivity contribution in [3.05, 3.63) is 58.2 Å². The lowest BCUT2D eigenvalue weighted by atomic mass is 10.2. The zero-order valence-electron chi connectivity index (χ0n) is 14.9. The number of hydrazone groups is 1. The number of amides is 2. The Morgan fingerprint density at radius 1 is 1.25 bits per heavy atom. The van der Waals surface area contributed by atoms with Crippen LogP contribution in [0.15, 0.2) is 54.2 Å². The zero-order chi connectivity index (χ0) is 20.5. The maximum absolute atomic E-state index is 11.9.